The van der Waals surface area contributed by atoms with E-state index >= 15 is 0 Å². The van der Waals surface area contributed by atoms with E-state index in [0.29, 0.717) is 23.6 Å². The lowest BCUT2D eigenvalue weighted by molar-refractivity contribution is 0.0701. The van der Waals surface area contributed by atoms with Gasteiger partial charge in [0.2, 0.25) is 23.6 Å². The normalized spacial score (nSPS) is 16.5. The summed E-state index contributed by atoms with van der Waals surface area (Å²) in [5.74, 6) is 1.81. The predicted octanol–water partition coefficient (Wildman–Crippen LogP) is 4.11. The van der Waals surface area contributed by atoms with Crippen LogP contribution in [0.4, 0.5) is 17.8 Å². The molecule has 35 heavy (non-hydrogen) atoms. The molecule has 182 valence electrons. The van der Waals surface area contributed by atoms with E-state index < -0.39 is 5.97 Å². The first-order valence-electron chi connectivity index (χ1n) is 12.2. The summed E-state index contributed by atoms with van der Waals surface area (Å²) in [5.41, 5.74) is 3.72. The standard InChI is InChI=1S/C25H29N7O3/c33-22(21-11-8-16-34-21)35-20-10-7-9-19(17-20)18-26-30-23-27-24(31-12-3-1-4-13-31)29-25(28-23)32-14-5-2-6-15-32/h7-11,16-18H,1-6,12-15H2,(H,27,28,29,30)/b26-18-. The van der Waals surface area contributed by atoms with Gasteiger partial charge in [0, 0.05) is 26.2 Å². The van der Waals surface area contributed by atoms with Gasteiger partial charge in [-0.3, -0.25) is 0 Å². The Morgan fingerprint density at radius 1 is 0.914 bits per heavy atom. The summed E-state index contributed by atoms with van der Waals surface area (Å²) in [5, 5.41) is 4.33. The van der Waals surface area contributed by atoms with Gasteiger partial charge < -0.3 is 19.0 Å². The molecule has 2 fully saturated rings. The second-order valence-corrected chi connectivity index (χ2v) is 8.66. The highest BCUT2D eigenvalue weighted by molar-refractivity contribution is 5.88. The van der Waals surface area contributed by atoms with E-state index in [1.165, 1.54) is 19.1 Å². The third-order valence-electron chi connectivity index (χ3n) is 6.06. The number of carbonyl (C=O) groups excluding carboxylic acids is 1. The lowest BCUT2D eigenvalue weighted by Crippen LogP contribution is -2.34. The average molecular weight is 476 g/mol. The zero-order chi connectivity index (χ0) is 23.9. The third kappa shape index (κ3) is 5.95. The summed E-state index contributed by atoms with van der Waals surface area (Å²) in [7, 11) is 0. The van der Waals surface area contributed by atoms with Crippen molar-refractivity contribution in [3.63, 3.8) is 0 Å². The Bertz CT molecular complexity index is 1120. The molecule has 4 heterocycles. The van der Waals surface area contributed by atoms with Crippen LogP contribution in [-0.4, -0.2) is 53.3 Å². The lowest BCUT2D eigenvalue weighted by atomic mass is 10.1. The minimum absolute atomic E-state index is 0.148. The zero-order valence-corrected chi connectivity index (χ0v) is 19.6. The number of ether oxygens (including phenoxy) is 1. The van der Waals surface area contributed by atoms with Crippen LogP contribution in [-0.2, 0) is 0 Å². The van der Waals surface area contributed by atoms with E-state index in [1.807, 2.05) is 6.07 Å². The number of furan rings is 1. The van der Waals surface area contributed by atoms with Crippen molar-refractivity contribution < 1.29 is 13.9 Å². The van der Waals surface area contributed by atoms with Gasteiger partial charge in [0.05, 0.1) is 12.5 Å². The van der Waals surface area contributed by atoms with Gasteiger partial charge in [-0.2, -0.15) is 20.1 Å². The molecule has 10 heteroatoms. The van der Waals surface area contributed by atoms with E-state index in [1.54, 1.807) is 36.5 Å². The monoisotopic (exact) mass is 475 g/mol. The number of hydrogen-bond donors (Lipinski definition) is 1. The van der Waals surface area contributed by atoms with Gasteiger partial charge in [-0.05, 0) is 68.4 Å². The van der Waals surface area contributed by atoms with E-state index in [2.05, 4.69) is 30.3 Å². The van der Waals surface area contributed by atoms with Crippen LogP contribution >= 0.6 is 0 Å². The fourth-order valence-corrected chi connectivity index (χ4v) is 4.25. The Balaban J connectivity index is 1.30. The van der Waals surface area contributed by atoms with Crippen LogP contribution in [0.15, 0.2) is 52.2 Å². The molecule has 3 aromatic rings. The number of piperidine rings is 2. The molecule has 0 bridgehead atoms. The van der Waals surface area contributed by atoms with Crippen LogP contribution in [0.3, 0.4) is 0 Å². The van der Waals surface area contributed by atoms with Crippen LogP contribution in [0.2, 0.25) is 0 Å². The van der Waals surface area contributed by atoms with Crippen molar-refractivity contribution in [2.24, 2.45) is 5.10 Å². The number of anilines is 3. The average Bonchev–Trinajstić information content (AvgIpc) is 3.45. The summed E-state index contributed by atoms with van der Waals surface area (Å²) in [4.78, 5) is 30.6. The number of aromatic nitrogens is 3. The zero-order valence-electron chi connectivity index (χ0n) is 19.6. The molecule has 0 aliphatic carbocycles. The molecular weight excluding hydrogens is 446 g/mol. The number of hydrazone groups is 1. The van der Waals surface area contributed by atoms with Gasteiger partial charge in [-0.25, -0.2) is 10.2 Å². The number of hydrogen-bond acceptors (Lipinski definition) is 10. The molecular formula is C25H29N7O3. The minimum Gasteiger partial charge on any atom is -0.457 e. The minimum atomic E-state index is -0.553. The Morgan fingerprint density at radius 3 is 2.23 bits per heavy atom. The molecule has 1 aromatic carbocycles. The molecule has 5 rings (SSSR count). The first-order valence-corrected chi connectivity index (χ1v) is 12.2. The van der Waals surface area contributed by atoms with Crippen molar-refractivity contribution in [3.8, 4) is 5.75 Å². The number of esters is 1. The van der Waals surface area contributed by atoms with Gasteiger partial charge in [0.25, 0.3) is 0 Å². The quantitative estimate of drug-likeness (QED) is 0.234. The molecule has 0 unspecified atom stereocenters. The highest BCUT2D eigenvalue weighted by atomic mass is 16.5. The third-order valence-corrected chi connectivity index (χ3v) is 6.06. The fourth-order valence-electron chi connectivity index (χ4n) is 4.25. The number of nitrogens with one attached hydrogen (secondary N) is 1. The Kier molecular flexibility index (Phi) is 7.16. The van der Waals surface area contributed by atoms with Gasteiger partial charge in [0.1, 0.15) is 5.75 Å². The maximum absolute atomic E-state index is 12.1. The van der Waals surface area contributed by atoms with Crippen molar-refractivity contribution >= 4 is 30.0 Å². The van der Waals surface area contributed by atoms with Gasteiger partial charge in [0.15, 0.2) is 0 Å². The Labute approximate surface area is 204 Å². The fraction of sp³-hybridized carbons (Fsp3) is 0.400. The van der Waals surface area contributed by atoms with Gasteiger partial charge >= 0.3 is 5.97 Å². The number of carbonyl (C=O) groups is 1. The molecule has 0 radical (unpaired) electrons. The molecule has 2 aliphatic rings. The van der Waals surface area contributed by atoms with Crippen LogP contribution in [0.1, 0.15) is 54.6 Å². The second-order valence-electron chi connectivity index (χ2n) is 8.66. The summed E-state index contributed by atoms with van der Waals surface area (Å²) >= 11 is 0. The van der Waals surface area contributed by atoms with E-state index in [4.69, 9.17) is 14.1 Å². The first-order chi connectivity index (χ1) is 17.2. The molecule has 0 saturated carbocycles. The Morgan fingerprint density at radius 2 is 1.60 bits per heavy atom. The molecule has 0 spiro atoms. The van der Waals surface area contributed by atoms with Gasteiger partial charge in [-0.15, -0.1) is 0 Å². The maximum atomic E-state index is 12.1. The topological polar surface area (TPSA) is 109 Å². The van der Waals surface area contributed by atoms with Gasteiger partial charge in [-0.1, -0.05) is 12.1 Å². The van der Waals surface area contributed by atoms with Crippen molar-refractivity contribution in [2.75, 3.05) is 41.4 Å². The molecule has 2 aliphatic heterocycles. The number of benzene rings is 1. The SMILES string of the molecule is O=C(Oc1cccc(/C=N\Nc2nc(N3CCCCC3)nc(N3CCCCC3)n2)c1)c1ccco1. The number of nitrogens with zero attached hydrogens (tertiary/aromatic N) is 6. The highest BCUT2D eigenvalue weighted by Gasteiger charge is 2.20. The summed E-state index contributed by atoms with van der Waals surface area (Å²) < 4.78 is 10.5. The van der Waals surface area contributed by atoms with Crippen molar-refractivity contribution in [2.45, 2.75) is 38.5 Å². The molecule has 0 amide bonds. The van der Waals surface area contributed by atoms with E-state index in [0.717, 1.165) is 57.4 Å². The van der Waals surface area contributed by atoms with E-state index in [9.17, 15) is 4.79 Å². The van der Waals surface area contributed by atoms with Crippen molar-refractivity contribution in [1.29, 1.82) is 0 Å². The van der Waals surface area contributed by atoms with Crippen LogP contribution in [0.25, 0.3) is 0 Å². The predicted molar refractivity (Wildman–Crippen MR) is 133 cm³/mol. The van der Waals surface area contributed by atoms with E-state index in [-0.39, 0.29) is 5.76 Å². The van der Waals surface area contributed by atoms with Crippen molar-refractivity contribution in [1.82, 2.24) is 15.0 Å². The summed E-state index contributed by atoms with van der Waals surface area (Å²) in [6, 6.07) is 10.3. The number of rotatable bonds is 7. The summed E-state index contributed by atoms with van der Waals surface area (Å²) in [6.07, 6.45) is 10.1. The van der Waals surface area contributed by atoms with Crippen molar-refractivity contribution in [3.05, 3.63) is 54.0 Å². The Hall–Kier alpha value is -3.95. The largest absolute Gasteiger partial charge is 0.457 e. The highest BCUT2D eigenvalue weighted by Crippen LogP contribution is 2.22. The smallest absolute Gasteiger partial charge is 0.379 e. The van der Waals surface area contributed by atoms with Crippen LogP contribution in [0.5, 0.6) is 5.75 Å². The maximum Gasteiger partial charge on any atom is 0.379 e. The molecule has 1 N–H and O–H groups in total. The molecule has 2 saturated heterocycles. The van der Waals surface area contributed by atoms with Crippen LogP contribution < -0.4 is 20.0 Å². The molecule has 10 nitrogen and oxygen atoms in total. The molecule has 2 aromatic heterocycles. The molecule has 0 atom stereocenters. The summed E-state index contributed by atoms with van der Waals surface area (Å²) in [6.45, 7) is 3.82. The van der Waals surface area contributed by atoms with Crippen LogP contribution in [0, 0.1) is 0 Å². The second kappa shape index (κ2) is 11.0. The lowest BCUT2D eigenvalue weighted by Gasteiger charge is -2.30. The first kappa shape index (κ1) is 22.8.